The van der Waals surface area contributed by atoms with Crippen LogP contribution in [0, 0.1) is 16.8 Å². The van der Waals surface area contributed by atoms with Crippen molar-refractivity contribution in [2.24, 2.45) is 4.36 Å². The van der Waals surface area contributed by atoms with E-state index in [2.05, 4.69) is 19.6 Å². The molecule has 4 aromatic rings. The van der Waals surface area contributed by atoms with Gasteiger partial charge in [0.25, 0.3) is 10.0 Å². The van der Waals surface area contributed by atoms with Crippen LogP contribution in [-0.4, -0.2) is 58.9 Å². The summed E-state index contributed by atoms with van der Waals surface area (Å²) < 4.78 is 87.9. The average molecular weight is 746 g/mol. The van der Waals surface area contributed by atoms with Crippen LogP contribution in [0.25, 0.3) is 11.3 Å². The van der Waals surface area contributed by atoms with E-state index in [1.165, 1.54) is 24.5 Å². The van der Waals surface area contributed by atoms with Crippen LogP contribution in [0.15, 0.2) is 76.1 Å². The molecule has 1 unspecified atom stereocenters. The number of carbonyl (C=O) groups is 1. The lowest BCUT2D eigenvalue weighted by Gasteiger charge is -2.29. The Morgan fingerprint density at radius 2 is 1.84 bits per heavy atom. The molecule has 1 aliphatic heterocycles. The number of hydrogen-bond acceptors (Lipinski definition) is 12. The Balaban J connectivity index is 1.57. The van der Waals surface area contributed by atoms with Crippen LogP contribution >= 0.6 is 0 Å². The number of hydrogen-bond donors (Lipinski definition) is 2. The van der Waals surface area contributed by atoms with Crippen molar-refractivity contribution in [3.05, 3.63) is 89.3 Å². The highest BCUT2D eigenvalue weighted by Gasteiger charge is 2.30. The van der Waals surface area contributed by atoms with Crippen molar-refractivity contribution in [1.29, 1.82) is 0 Å². The molecule has 0 radical (unpaired) electrons. The summed E-state index contributed by atoms with van der Waals surface area (Å²) in [5.41, 5.74) is -1.34. The number of benzene rings is 3. The first-order valence-electron chi connectivity index (χ1n) is 15.5. The maximum absolute atomic E-state index is 15.5. The van der Waals surface area contributed by atoms with Crippen molar-refractivity contribution >= 4 is 48.9 Å². The van der Waals surface area contributed by atoms with Gasteiger partial charge in [0, 0.05) is 30.1 Å². The molecular formula is C33H35F2N6O8S2-. The molecule has 0 saturated carbocycles. The molecule has 272 valence electrons. The number of carbonyl (C=O) groups excluding carboxylic acids is 1. The molecule has 6 bridgehead atoms. The first-order valence-corrected chi connectivity index (χ1v) is 19.0. The van der Waals surface area contributed by atoms with Gasteiger partial charge in [0.05, 0.1) is 39.7 Å². The van der Waals surface area contributed by atoms with E-state index in [0.717, 1.165) is 34.8 Å². The van der Waals surface area contributed by atoms with E-state index in [0.29, 0.717) is 17.0 Å². The maximum Gasteiger partial charge on any atom is 0.442 e. The fraction of sp³-hybridized carbons (Fsp3) is 0.303. The third kappa shape index (κ3) is 9.26. The summed E-state index contributed by atoms with van der Waals surface area (Å²) in [6, 6.07) is 13.0. The third-order valence-electron chi connectivity index (χ3n) is 7.21. The Labute approximate surface area is 293 Å². The van der Waals surface area contributed by atoms with Gasteiger partial charge in [-0.25, -0.2) is 36.2 Å². The SMILES string of the molecule is CC(C)(C)OC(=O)N=S(C)(=O)Cc1cc2cc(c1)OCCCCN(S(=O)(=O)c1ccccc1N([O-])O)c1cc(ccc1F)-c1nc(ncc1F)N2. The van der Waals surface area contributed by atoms with Gasteiger partial charge in [-0.05, 0) is 81.6 Å². The molecule has 2 N–H and O–H groups in total. The number of aromatic nitrogens is 2. The molecule has 5 rings (SSSR count). The van der Waals surface area contributed by atoms with Crippen molar-refractivity contribution in [3.8, 4) is 17.0 Å². The predicted molar refractivity (Wildman–Crippen MR) is 187 cm³/mol. The summed E-state index contributed by atoms with van der Waals surface area (Å²) >= 11 is 0. The molecule has 1 aliphatic rings. The van der Waals surface area contributed by atoms with Gasteiger partial charge >= 0.3 is 6.09 Å². The van der Waals surface area contributed by atoms with Crippen molar-refractivity contribution in [1.82, 2.24) is 9.97 Å². The Bertz CT molecular complexity index is 2190. The predicted octanol–water partition coefficient (Wildman–Crippen LogP) is 6.76. The highest BCUT2D eigenvalue weighted by Crippen LogP contribution is 2.35. The van der Waals surface area contributed by atoms with Gasteiger partial charge in [-0.2, -0.15) is 0 Å². The van der Waals surface area contributed by atoms with E-state index >= 15 is 8.78 Å². The molecule has 1 aromatic heterocycles. The zero-order valence-corrected chi connectivity index (χ0v) is 29.6. The minimum absolute atomic E-state index is 0.00906. The number of nitrogens with zero attached hydrogens (tertiary/aromatic N) is 5. The summed E-state index contributed by atoms with van der Waals surface area (Å²) in [5, 5.41) is 23.9. The molecule has 2 heterocycles. The molecule has 1 amide bonds. The van der Waals surface area contributed by atoms with Crippen LogP contribution in [-0.2, 0) is 30.2 Å². The van der Waals surface area contributed by atoms with Gasteiger partial charge in [-0.15, -0.1) is 4.36 Å². The zero-order valence-electron chi connectivity index (χ0n) is 28.0. The summed E-state index contributed by atoms with van der Waals surface area (Å²) in [5.74, 6) is -1.82. The first kappa shape index (κ1) is 37.3. The van der Waals surface area contributed by atoms with E-state index in [9.17, 15) is 27.8 Å². The minimum Gasteiger partial charge on any atom is -0.733 e. The van der Waals surface area contributed by atoms with Gasteiger partial charge in [-0.3, -0.25) is 9.51 Å². The maximum atomic E-state index is 15.5. The van der Waals surface area contributed by atoms with E-state index in [-0.39, 0.29) is 49.0 Å². The van der Waals surface area contributed by atoms with E-state index in [4.69, 9.17) is 9.47 Å². The number of amides is 1. The molecule has 1 atom stereocenters. The van der Waals surface area contributed by atoms with Crippen LogP contribution < -0.4 is 19.6 Å². The Morgan fingerprint density at radius 3 is 2.57 bits per heavy atom. The van der Waals surface area contributed by atoms with E-state index < -0.39 is 64.6 Å². The molecule has 0 saturated heterocycles. The lowest BCUT2D eigenvalue weighted by Crippen LogP contribution is -2.34. The quantitative estimate of drug-likeness (QED) is 0.205. The lowest BCUT2D eigenvalue weighted by atomic mass is 10.1. The summed E-state index contributed by atoms with van der Waals surface area (Å²) in [6.45, 7) is 4.73. The summed E-state index contributed by atoms with van der Waals surface area (Å²) in [7, 11) is -7.83. The van der Waals surface area contributed by atoms with Crippen molar-refractivity contribution < 1.29 is 40.9 Å². The van der Waals surface area contributed by atoms with Crippen LogP contribution in [0.4, 0.5) is 36.6 Å². The van der Waals surface area contributed by atoms with Gasteiger partial charge in [-0.1, -0.05) is 12.1 Å². The smallest absolute Gasteiger partial charge is 0.442 e. The number of sulfonamides is 1. The first-order chi connectivity index (χ1) is 23.9. The molecule has 0 aliphatic carbocycles. The summed E-state index contributed by atoms with van der Waals surface area (Å²) in [4.78, 5) is 20.0. The fourth-order valence-electron chi connectivity index (χ4n) is 5.16. The molecular weight excluding hydrogens is 711 g/mol. The monoisotopic (exact) mass is 745 g/mol. The highest BCUT2D eigenvalue weighted by molar-refractivity contribution is 7.93. The zero-order chi connectivity index (χ0) is 37.1. The second-order valence-electron chi connectivity index (χ2n) is 12.6. The number of fused-ring (bicyclic) bond motifs is 7. The van der Waals surface area contributed by atoms with Crippen LogP contribution in [0.5, 0.6) is 5.75 Å². The molecule has 14 nitrogen and oxygen atoms in total. The van der Waals surface area contributed by atoms with E-state index in [1.54, 1.807) is 39.0 Å². The number of halogens is 2. The van der Waals surface area contributed by atoms with Crippen LogP contribution in [0.3, 0.4) is 0 Å². The summed E-state index contributed by atoms with van der Waals surface area (Å²) in [6.07, 6.45) is 1.60. The molecule has 51 heavy (non-hydrogen) atoms. The van der Waals surface area contributed by atoms with Gasteiger partial charge in [0.15, 0.2) is 5.82 Å². The third-order valence-corrected chi connectivity index (χ3v) is 10.5. The Morgan fingerprint density at radius 1 is 1.10 bits per heavy atom. The largest absolute Gasteiger partial charge is 0.733 e. The number of ether oxygens (including phenoxy) is 2. The number of rotatable bonds is 5. The van der Waals surface area contributed by atoms with Gasteiger partial charge < -0.3 is 25.2 Å². The highest BCUT2D eigenvalue weighted by atomic mass is 32.2. The number of para-hydroxylation sites is 1. The van der Waals surface area contributed by atoms with Gasteiger partial charge in [0.1, 0.15) is 27.8 Å². The van der Waals surface area contributed by atoms with Crippen molar-refractivity contribution in [3.63, 3.8) is 0 Å². The lowest BCUT2D eigenvalue weighted by molar-refractivity contribution is 0.0607. The molecule has 18 heteroatoms. The van der Waals surface area contributed by atoms with Crippen LogP contribution in [0.2, 0.25) is 0 Å². The Kier molecular flexibility index (Phi) is 10.8. The molecule has 0 spiro atoms. The number of anilines is 4. The second kappa shape index (κ2) is 14.7. The molecule has 0 fully saturated rings. The standard InChI is InChI=1S/C33H35F2N6O8S2/c1-33(2,3)49-32(42)39-50(4,45)20-21-15-23-18-24(16-21)48-14-8-7-13-40(51(46,47)29-10-6-5-9-27(29)41(43)44)28-17-22(11-12-25(28)34)30-26(35)19-36-31(37-23)38-30/h5-6,9-12,15-19,43H,7-8,13-14,20H2,1-4H3,(H,36,37,38)/q-1. The van der Waals surface area contributed by atoms with Crippen LogP contribution in [0.1, 0.15) is 39.2 Å². The minimum atomic E-state index is -4.70. The van der Waals surface area contributed by atoms with Crippen molar-refractivity contribution in [2.45, 2.75) is 49.9 Å². The average Bonchev–Trinajstić information content (AvgIpc) is 3.02. The van der Waals surface area contributed by atoms with Gasteiger partial charge in [0.2, 0.25) is 5.95 Å². The fourth-order valence-corrected chi connectivity index (χ4v) is 8.03. The normalized spacial score (nSPS) is 14.8. The Hall–Kier alpha value is -4.91. The number of nitrogens with one attached hydrogen (secondary N) is 1. The van der Waals surface area contributed by atoms with Crippen molar-refractivity contribution in [2.75, 3.05) is 34.3 Å². The second-order valence-corrected chi connectivity index (χ2v) is 16.8. The van der Waals surface area contributed by atoms with E-state index in [1.807, 2.05) is 0 Å². The molecule has 3 aromatic carbocycles. The topological polar surface area (TPSA) is 187 Å².